The van der Waals surface area contributed by atoms with Gasteiger partial charge in [-0.05, 0) is 18.4 Å². The van der Waals surface area contributed by atoms with Crippen LogP contribution in [0.5, 0.6) is 0 Å². The quantitative estimate of drug-likeness (QED) is 0.387. The van der Waals surface area contributed by atoms with Gasteiger partial charge >= 0.3 is 5.97 Å². The van der Waals surface area contributed by atoms with Crippen molar-refractivity contribution >= 4 is 33.7 Å². The van der Waals surface area contributed by atoms with Crippen LogP contribution < -0.4 is 0 Å². The summed E-state index contributed by atoms with van der Waals surface area (Å²) in [5, 5.41) is 19.2. The molecule has 0 radical (unpaired) electrons. The minimum Gasteiger partial charge on any atom is -0.481 e. The minimum absolute atomic E-state index is 0.143. The van der Waals surface area contributed by atoms with E-state index in [2.05, 4.69) is 22.5 Å². The molecule has 0 aliphatic carbocycles. The average Bonchev–Trinajstić information content (AvgIpc) is 3.35. The van der Waals surface area contributed by atoms with Crippen molar-refractivity contribution in [2.45, 2.75) is 42.0 Å². The number of carbonyl (C=O) groups excluding carboxylic acids is 2. The van der Waals surface area contributed by atoms with Crippen LogP contribution in [-0.4, -0.2) is 80.1 Å². The average molecular weight is 507 g/mol. The maximum Gasteiger partial charge on any atom is 0.310 e. The van der Waals surface area contributed by atoms with Gasteiger partial charge in [0.2, 0.25) is 11.8 Å². The van der Waals surface area contributed by atoms with E-state index in [1.165, 1.54) is 4.90 Å². The van der Waals surface area contributed by atoms with E-state index in [-0.39, 0.29) is 42.8 Å². The van der Waals surface area contributed by atoms with Crippen molar-refractivity contribution in [3.63, 3.8) is 0 Å². The molecule has 8 nitrogen and oxygen atoms in total. The smallest absolute Gasteiger partial charge is 0.310 e. The molecule has 3 heterocycles. The number of nitrogens with zero attached hydrogens (tertiary/aromatic N) is 2. The summed E-state index contributed by atoms with van der Waals surface area (Å²) in [5.74, 6) is -3.72. The maximum atomic E-state index is 13.9. The second-order valence-electron chi connectivity index (χ2n) is 8.60. The number of aliphatic hydroxyl groups is 1. The second kappa shape index (κ2) is 8.96. The Bertz CT molecular complexity index is 911. The summed E-state index contributed by atoms with van der Waals surface area (Å²) in [6.07, 6.45) is 1.62. The zero-order chi connectivity index (χ0) is 23.0. The van der Waals surface area contributed by atoms with E-state index in [1.807, 2.05) is 30.3 Å². The summed E-state index contributed by atoms with van der Waals surface area (Å²) in [6, 6.07) is 8.56. The highest BCUT2D eigenvalue weighted by Gasteiger charge is 2.76. The number of carbonyl (C=O) groups is 3. The van der Waals surface area contributed by atoms with Crippen LogP contribution in [0.25, 0.3) is 0 Å². The van der Waals surface area contributed by atoms with E-state index in [0.29, 0.717) is 13.0 Å². The number of rotatable bonds is 9. The van der Waals surface area contributed by atoms with E-state index in [4.69, 9.17) is 4.74 Å². The number of halogens is 1. The molecule has 1 aromatic carbocycles. The standard InChI is InChI=1S/C23H27BrN2O6/c1-2-9-25(13-14-7-4-3-5-8-14)21(29)19-23-12-15(24)18(32-23)16(22(30)31)17(23)20(28)26(19)10-6-11-27/h2-5,7-8,15-19,27H,1,6,9-13H2,(H,30,31)/t15?,16-,17+,18-,19-,23+/m0/s1. The Morgan fingerprint density at radius 2 is 2.06 bits per heavy atom. The zero-order valence-electron chi connectivity index (χ0n) is 17.6. The van der Waals surface area contributed by atoms with Crippen molar-refractivity contribution < 1.29 is 29.3 Å². The monoisotopic (exact) mass is 506 g/mol. The fourth-order valence-corrected chi connectivity index (χ4v) is 6.48. The third kappa shape index (κ3) is 3.56. The molecule has 1 spiro atoms. The number of fused-ring (bicyclic) bond motifs is 1. The van der Waals surface area contributed by atoms with Crippen molar-refractivity contribution in [2.75, 3.05) is 19.7 Å². The van der Waals surface area contributed by atoms with E-state index in [9.17, 15) is 24.6 Å². The fourth-order valence-electron chi connectivity index (χ4n) is 5.54. The Morgan fingerprint density at radius 1 is 1.34 bits per heavy atom. The molecule has 32 heavy (non-hydrogen) atoms. The molecule has 4 rings (SSSR count). The Labute approximate surface area is 195 Å². The fraction of sp³-hybridized carbons (Fsp3) is 0.522. The number of ether oxygens (including phenoxy) is 1. The summed E-state index contributed by atoms with van der Waals surface area (Å²) in [5.41, 5.74) is -0.275. The van der Waals surface area contributed by atoms with Gasteiger partial charge in [-0.15, -0.1) is 6.58 Å². The number of benzene rings is 1. The highest BCUT2D eigenvalue weighted by molar-refractivity contribution is 9.09. The van der Waals surface area contributed by atoms with Gasteiger partial charge in [-0.2, -0.15) is 0 Å². The Morgan fingerprint density at radius 3 is 2.69 bits per heavy atom. The number of carboxylic acid groups (broad SMARTS) is 1. The van der Waals surface area contributed by atoms with Crippen molar-refractivity contribution in [3.8, 4) is 0 Å². The van der Waals surface area contributed by atoms with Gasteiger partial charge in [0.15, 0.2) is 0 Å². The molecule has 9 heteroatoms. The molecule has 172 valence electrons. The van der Waals surface area contributed by atoms with Crippen LogP contribution in [0.3, 0.4) is 0 Å². The molecule has 0 aromatic heterocycles. The largest absolute Gasteiger partial charge is 0.481 e. The van der Waals surface area contributed by atoms with Crippen LogP contribution in [-0.2, 0) is 25.7 Å². The molecule has 6 atom stereocenters. The van der Waals surface area contributed by atoms with Crippen molar-refractivity contribution in [3.05, 3.63) is 48.6 Å². The highest BCUT2D eigenvalue weighted by atomic mass is 79.9. The molecule has 3 saturated heterocycles. The molecule has 2 N–H and O–H groups in total. The first-order valence-corrected chi connectivity index (χ1v) is 11.7. The summed E-state index contributed by atoms with van der Waals surface area (Å²) in [6.45, 7) is 4.39. The zero-order valence-corrected chi connectivity index (χ0v) is 19.2. The van der Waals surface area contributed by atoms with Crippen LogP contribution in [0.2, 0.25) is 0 Å². The molecule has 3 fully saturated rings. The summed E-state index contributed by atoms with van der Waals surface area (Å²) in [7, 11) is 0. The summed E-state index contributed by atoms with van der Waals surface area (Å²) < 4.78 is 6.24. The van der Waals surface area contributed by atoms with Crippen molar-refractivity contribution in [1.29, 1.82) is 0 Å². The normalized spacial score (nSPS) is 32.8. The lowest BCUT2D eigenvalue weighted by atomic mass is 9.70. The van der Waals surface area contributed by atoms with Crippen LogP contribution in [0.15, 0.2) is 43.0 Å². The Balaban J connectivity index is 1.73. The number of hydrogen-bond donors (Lipinski definition) is 2. The topological polar surface area (TPSA) is 107 Å². The number of alkyl halides is 1. The Kier molecular flexibility index (Phi) is 6.42. The molecule has 1 aromatic rings. The van der Waals surface area contributed by atoms with Gasteiger partial charge in [-0.25, -0.2) is 0 Å². The highest BCUT2D eigenvalue weighted by Crippen LogP contribution is 2.60. The number of hydrogen-bond acceptors (Lipinski definition) is 5. The third-order valence-corrected chi connectivity index (χ3v) is 7.59. The molecular weight excluding hydrogens is 480 g/mol. The van der Waals surface area contributed by atoms with Gasteiger partial charge < -0.3 is 24.7 Å². The number of likely N-dealkylation sites (tertiary alicyclic amines) is 1. The van der Waals surface area contributed by atoms with Crippen molar-refractivity contribution in [1.82, 2.24) is 9.80 Å². The molecule has 0 saturated carbocycles. The van der Waals surface area contributed by atoms with E-state index >= 15 is 0 Å². The van der Waals surface area contributed by atoms with E-state index < -0.39 is 35.6 Å². The molecule has 2 amide bonds. The van der Waals surface area contributed by atoms with Gasteiger partial charge in [-0.3, -0.25) is 14.4 Å². The molecule has 1 unspecified atom stereocenters. The Hall–Kier alpha value is -2.23. The van der Waals surface area contributed by atoms with Crippen LogP contribution >= 0.6 is 15.9 Å². The maximum absolute atomic E-state index is 13.9. The van der Waals surface area contributed by atoms with Crippen LogP contribution in [0, 0.1) is 11.8 Å². The second-order valence-corrected chi connectivity index (χ2v) is 9.78. The number of aliphatic carboxylic acids is 1. The lowest BCUT2D eigenvalue weighted by molar-refractivity contribution is -0.151. The van der Waals surface area contributed by atoms with E-state index in [1.54, 1.807) is 11.0 Å². The van der Waals surface area contributed by atoms with Gasteiger partial charge in [0.05, 0.1) is 17.9 Å². The number of carboxylic acids is 1. The molecular formula is C23H27BrN2O6. The SMILES string of the molecule is C=CCN(Cc1ccccc1)C(=O)[C@@H]1N(CCCO)C(=O)[C@H]2[C@H](C(=O)O)[C@H]3O[C@@]12CC3Br. The molecule has 2 bridgehead atoms. The lowest BCUT2D eigenvalue weighted by Crippen LogP contribution is -2.56. The number of aliphatic hydroxyl groups excluding tert-OH is 1. The first kappa shape index (κ1) is 22.9. The third-order valence-electron chi connectivity index (χ3n) is 6.74. The van der Waals surface area contributed by atoms with Gasteiger partial charge in [0, 0.05) is 31.1 Å². The summed E-state index contributed by atoms with van der Waals surface area (Å²) >= 11 is 3.53. The lowest BCUT2D eigenvalue weighted by Gasteiger charge is -2.37. The van der Waals surface area contributed by atoms with E-state index in [0.717, 1.165) is 5.56 Å². The van der Waals surface area contributed by atoms with Gasteiger partial charge in [-0.1, -0.05) is 52.3 Å². The predicted octanol–water partition coefficient (Wildman–Crippen LogP) is 1.42. The first-order valence-electron chi connectivity index (χ1n) is 10.8. The van der Waals surface area contributed by atoms with Crippen molar-refractivity contribution in [2.24, 2.45) is 11.8 Å². The number of amides is 2. The molecule has 3 aliphatic heterocycles. The summed E-state index contributed by atoms with van der Waals surface area (Å²) in [4.78, 5) is 42.3. The van der Waals surface area contributed by atoms with Crippen LogP contribution in [0.1, 0.15) is 18.4 Å². The van der Waals surface area contributed by atoms with Crippen LogP contribution in [0.4, 0.5) is 0 Å². The van der Waals surface area contributed by atoms with Gasteiger partial charge in [0.25, 0.3) is 0 Å². The van der Waals surface area contributed by atoms with Gasteiger partial charge in [0.1, 0.15) is 11.6 Å². The predicted molar refractivity (Wildman–Crippen MR) is 119 cm³/mol. The first-order chi connectivity index (χ1) is 15.4. The minimum atomic E-state index is -1.21. The molecule has 3 aliphatic rings.